The van der Waals surface area contributed by atoms with Crippen LogP contribution in [-0.2, 0) is 11.2 Å². The maximum absolute atomic E-state index is 11.4. The van der Waals surface area contributed by atoms with Crippen molar-refractivity contribution in [3.05, 3.63) is 36.1 Å². The van der Waals surface area contributed by atoms with Crippen LogP contribution < -0.4 is 5.32 Å². The number of hydrogen-bond acceptors (Lipinski definition) is 3. The molecule has 1 aromatic heterocycles. The Bertz CT molecular complexity index is 525. The van der Waals surface area contributed by atoms with Gasteiger partial charge in [-0.25, -0.2) is 4.79 Å². The lowest BCUT2D eigenvalue weighted by atomic mass is 10.2. The van der Waals surface area contributed by atoms with Crippen molar-refractivity contribution in [2.75, 3.05) is 6.54 Å². The number of hydrogen-bond donors (Lipinski definition) is 2. The van der Waals surface area contributed by atoms with Crippen LogP contribution in [0.3, 0.4) is 0 Å². The number of rotatable bonds is 4. The summed E-state index contributed by atoms with van der Waals surface area (Å²) in [6.07, 6.45) is -1.11. The second-order valence-electron chi connectivity index (χ2n) is 3.62. The SMILES string of the molecule is O=C(CNC(=O)O)Cc1cc2ccccc2o1. The van der Waals surface area contributed by atoms with Crippen molar-refractivity contribution in [1.29, 1.82) is 0 Å². The molecule has 2 aromatic rings. The zero-order valence-corrected chi connectivity index (χ0v) is 8.97. The Kier molecular flexibility index (Phi) is 3.09. The van der Waals surface area contributed by atoms with Gasteiger partial charge in [0.25, 0.3) is 0 Å². The van der Waals surface area contributed by atoms with E-state index in [1.54, 1.807) is 6.07 Å². The first-order valence-corrected chi connectivity index (χ1v) is 5.11. The number of ketones is 1. The summed E-state index contributed by atoms with van der Waals surface area (Å²) in [6, 6.07) is 9.23. The number of Topliss-reactive ketones (excluding diaryl/α,β-unsaturated/α-hetero) is 1. The molecule has 0 unspecified atom stereocenters. The number of fused-ring (bicyclic) bond motifs is 1. The van der Waals surface area contributed by atoms with Crippen molar-refractivity contribution in [3.63, 3.8) is 0 Å². The lowest BCUT2D eigenvalue weighted by molar-refractivity contribution is -0.117. The van der Waals surface area contributed by atoms with E-state index in [1.165, 1.54) is 0 Å². The predicted molar refractivity (Wildman–Crippen MR) is 61.0 cm³/mol. The smallest absolute Gasteiger partial charge is 0.405 e. The van der Waals surface area contributed by atoms with Crippen molar-refractivity contribution in [3.8, 4) is 0 Å². The summed E-state index contributed by atoms with van der Waals surface area (Å²) in [7, 11) is 0. The number of nitrogens with one attached hydrogen (secondary N) is 1. The van der Waals surface area contributed by atoms with Crippen LogP contribution in [-0.4, -0.2) is 23.5 Å². The standard InChI is InChI=1S/C12H11NO4/c14-9(7-13-12(15)16)6-10-5-8-3-1-2-4-11(8)17-10/h1-5,13H,6-7H2,(H,15,16). The van der Waals surface area contributed by atoms with E-state index >= 15 is 0 Å². The van der Waals surface area contributed by atoms with Gasteiger partial charge in [-0.3, -0.25) is 4.79 Å². The van der Waals surface area contributed by atoms with Gasteiger partial charge in [-0.15, -0.1) is 0 Å². The molecule has 0 atom stereocenters. The van der Waals surface area contributed by atoms with Crippen LogP contribution >= 0.6 is 0 Å². The summed E-state index contributed by atoms with van der Waals surface area (Å²) >= 11 is 0. The van der Waals surface area contributed by atoms with Crippen molar-refractivity contribution in [2.45, 2.75) is 6.42 Å². The summed E-state index contributed by atoms with van der Waals surface area (Å²) in [4.78, 5) is 21.6. The first-order chi connectivity index (χ1) is 8.15. The first-order valence-electron chi connectivity index (χ1n) is 5.11. The Morgan fingerprint density at radius 2 is 2.06 bits per heavy atom. The van der Waals surface area contributed by atoms with E-state index in [-0.39, 0.29) is 18.7 Å². The molecule has 1 aromatic carbocycles. The molecule has 1 heterocycles. The zero-order valence-electron chi connectivity index (χ0n) is 8.97. The molecule has 0 aliphatic heterocycles. The number of carbonyl (C=O) groups is 2. The third kappa shape index (κ3) is 2.84. The highest BCUT2D eigenvalue weighted by atomic mass is 16.4. The van der Waals surface area contributed by atoms with Crippen molar-refractivity contribution < 1.29 is 19.1 Å². The summed E-state index contributed by atoms with van der Waals surface area (Å²) in [5.41, 5.74) is 0.724. The lowest BCUT2D eigenvalue weighted by Gasteiger charge is -1.97. The predicted octanol–water partition coefficient (Wildman–Crippen LogP) is 1.81. The van der Waals surface area contributed by atoms with Crippen molar-refractivity contribution in [1.82, 2.24) is 5.32 Å². The molecule has 0 bridgehead atoms. The first kappa shape index (κ1) is 11.2. The molecule has 2 rings (SSSR count). The fourth-order valence-corrected chi connectivity index (χ4v) is 1.56. The fourth-order valence-electron chi connectivity index (χ4n) is 1.56. The molecule has 17 heavy (non-hydrogen) atoms. The third-order valence-electron chi connectivity index (χ3n) is 2.28. The Morgan fingerprint density at radius 1 is 1.29 bits per heavy atom. The summed E-state index contributed by atoms with van der Waals surface area (Å²) < 4.78 is 5.45. The minimum absolute atomic E-state index is 0.0922. The molecule has 88 valence electrons. The maximum atomic E-state index is 11.4. The number of amides is 1. The topological polar surface area (TPSA) is 79.5 Å². The Hall–Kier alpha value is -2.30. The van der Waals surface area contributed by atoms with Gasteiger partial charge in [0.2, 0.25) is 0 Å². The maximum Gasteiger partial charge on any atom is 0.405 e. The molecule has 1 amide bonds. The molecular weight excluding hydrogens is 222 g/mol. The van der Waals surface area contributed by atoms with Crippen LogP contribution in [0.25, 0.3) is 11.0 Å². The second kappa shape index (κ2) is 4.69. The van der Waals surface area contributed by atoms with Gasteiger partial charge in [-0.05, 0) is 12.1 Å². The van der Waals surface area contributed by atoms with E-state index in [0.717, 1.165) is 11.0 Å². The van der Waals surface area contributed by atoms with Gasteiger partial charge in [0.1, 0.15) is 11.3 Å². The molecule has 0 spiro atoms. The summed E-state index contributed by atoms with van der Waals surface area (Å²) in [5.74, 6) is 0.315. The number of para-hydroxylation sites is 1. The molecule has 0 aliphatic rings. The van der Waals surface area contributed by atoms with Gasteiger partial charge in [0, 0.05) is 5.39 Å². The molecule has 0 radical (unpaired) electrons. The second-order valence-corrected chi connectivity index (χ2v) is 3.62. The highest BCUT2D eigenvalue weighted by Crippen LogP contribution is 2.18. The van der Waals surface area contributed by atoms with Gasteiger partial charge in [-0.1, -0.05) is 18.2 Å². The monoisotopic (exact) mass is 233 g/mol. The van der Waals surface area contributed by atoms with Crippen LogP contribution in [0.4, 0.5) is 4.79 Å². The van der Waals surface area contributed by atoms with Crippen LogP contribution in [0.5, 0.6) is 0 Å². The molecule has 0 saturated heterocycles. The molecule has 0 fully saturated rings. The molecular formula is C12H11NO4. The van der Waals surface area contributed by atoms with E-state index in [1.807, 2.05) is 29.6 Å². The van der Waals surface area contributed by atoms with Crippen LogP contribution in [0, 0.1) is 0 Å². The molecule has 5 heteroatoms. The highest BCUT2D eigenvalue weighted by Gasteiger charge is 2.09. The zero-order chi connectivity index (χ0) is 12.3. The molecule has 5 nitrogen and oxygen atoms in total. The number of furan rings is 1. The van der Waals surface area contributed by atoms with Gasteiger partial charge < -0.3 is 14.8 Å². The number of carbonyl (C=O) groups excluding carboxylic acids is 1. The minimum Gasteiger partial charge on any atom is -0.465 e. The van der Waals surface area contributed by atoms with Gasteiger partial charge in [0.05, 0.1) is 13.0 Å². The summed E-state index contributed by atoms with van der Waals surface area (Å²) in [6.45, 7) is -0.202. The molecule has 0 saturated carbocycles. The van der Waals surface area contributed by atoms with Crippen molar-refractivity contribution in [2.24, 2.45) is 0 Å². The van der Waals surface area contributed by atoms with Gasteiger partial charge in [0.15, 0.2) is 5.78 Å². The van der Waals surface area contributed by atoms with E-state index in [4.69, 9.17) is 9.52 Å². The largest absolute Gasteiger partial charge is 0.465 e. The number of benzene rings is 1. The van der Waals surface area contributed by atoms with E-state index in [0.29, 0.717) is 5.76 Å². The third-order valence-corrected chi connectivity index (χ3v) is 2.28. The van der Waals surface area contributed by atoms with Crippen LogP contribution in [0.1, 0.15) is 5.76 Å². The van der Waals surface area contributed by atoms with Gasteiger partial charge >= 0.3 is 6.09 Å². The van der Waals surface area contributed by atoms with E-state index in [2.05, 4.69) is 0 Å². The van der Waals surface area contributed by atoms with Crippen LogP contribution in [0.15, 0.2) is 34.7 Å². The van der Waals surface area contributed by atoms with E-state index < -0.39 is 6.09 Å². The van der Waals surface area contributed by atoms with Crippen molar-refractivity contribution >= 4 is 22.8 Å². The lowest BCUT2D eigenvalue weighted by Crippen LogP contribution is -2.28. The van der Waals surface area contributed by atoms with E-state index in [9.17, 15) is 9.59 Å². The normalized spacial score (nSPS) is 10.4. The summed E-state index contributed by atoms with van der Waals surface area (Å²) in [5, 5.41) is 11.3. The Morgan fingerprint density at radius 3 is 2.76 bits per heavy atom. The van der Waals surface area contributed by atoms with Gasteiger partial charge in [-0.2, -0.15) is 0 Å². The Balaban J connectivity index is 2.03. The molecule has 2 N–H and O–H groups in total. The number of carboxylic acid groups (broad SMARTS) is 1. The quantitative estimate of drug-likeness (QED) is 0.844. The average molecular weight is 233 g/mol. The Labute approximate surface area is 97.0 Å². The highest BCUT2D eigenvalue weighted by molar-refractivity contribution is 5.86. The fraction of sp³-hybridized carbons (Fsp3) is 0.167. The minimum atomic E-state index is -1.21. The average Bonchev–Trinajstić information content (AvgIpc) is 2.68. The molecule has 0 aliphatic carbocycles. The van der Waals surface area contributed by atoms with Crippen LogP contribution in [0.2, 0.25) is 0 Å².